The van der Waals surface area contributed by atoms with Crippen molar-refractivity contribution >= 4 is 17.8 Å². The summed E-state index contributed by atoms with van der Waals surface area (Å²) in [6.45, 7) is 0.941. The lowest BCUT2D eigenvalue weighted by molar-refractivity contribution is -0.209. The topological polar surface area (TPSA) is 35.9 Å². The van der Waals surface area contributed by atoms with Crippen LogP contribution in [0.3, 0.4) is 0 Å². The van der Waals surface area contributed by atoms with E-state index in [1.807, 2.05) is 5.01 Å². The number of anilines is 1. The molecular formula is C24H21F4N3O. The maximum atomic E-state index is 14.4. The smallest absolute Gasteiger partial charge is 0.306 e. The van der Waals surface area contributed by atoms with E-state index < -0.39 is 23.5 Å². The number of hydrogen-bond donors (Lipinski definition) is 0. The maximum absolute atomic E-state index is 14.4. The van der Waals surface area contributed by atoms with Gasteiger partial charge in [0, 0.05) is 31.8 Å². The molecular weight excluding hydrogens is 422 g/mol. The molecule has 2 aromatic carbocycles. The predicted molar refractivity (Wildman–Crippen MR) is 110 cm³/mol. The van der Waals surface area contributed by atoms with Crippen LogP contribution in [0.15, 0.2) is 47.6 Å². The summed E-state index contributed by atoms with van der Waals surface area (Å²) in [4.78, 5) is 13.7. The number of alkyl halides is 2. The average molecular weight is 443 g/mol. The Balaban J connectivity index is 1.14. The molecule has 2 bridgehead atoms. The molecule has 8 heteroatoms. The molecule has 0 saturated heterocycles. The molecule has 4 nitrogen and oxygen atoms in total. The van der Waals surface area contributed by atoms with E-state index in [2.05, 4.69) is 5.10 Å². The molecule has 166 valence electrons. The van der Waals surface area contributed by atoms with Crippen molar-refractivity contribution in [2.75, 3.05) is 18.0 Å². The first-order valence-electron chi connectivity index (χ1n) is 10.7. The van der Waals surface area contributed by atoms with Crippen molar-refractivity contribution in [3.05, 3.63) is 65.2 Å². The highest BCUT2D eigenvalue weighted by Gasteiger charge is 2.69. The normalized spacial score (nSPS) is 31.5. The molecule has 3 aliphatic carbocycles. The molecule has 1 amide bonds. The maximum Gasteiger partial charge on any atom is 0.352 e. The molecule has 1 atom stereocenters. The van der Waals surface area contributed by atoms with Crippen LogP contribution in [-0.4, -0.2) is 30.2 Å². The van der Waals surface area contributed by atoms with E-state index in [-0.39, 0.29) is 22.4 Å². The molecule has 1 unspecified atom stereocenters. The van der Waals surface area contributed by atoms with Crippen LogP contribution in [0.4, 0.5) is 23.2 Å². The van der Waals surface area contributed by atoms with E-state index in [1.54, 1.807) is 18.3 Å². The highest BCUT2D eigenvalue weighted by molar-refractivity contribution is 6.05. The molecule has 3 saturated carbocycles. The van der Waals surface area contributed by atoms with E-state index in [4.69, 9.17) is 0 Å². The number of hydrazone groups is 1. The Hall–Kier alpha value is -2.90. The van der Waals surface area contributed by atoms with Gasteiger partial charge in [0.05, 0.1) is 17.3 Å². The second-order valence-corrected chi connectivity index (χ2v) is 9.86. The number of rotatable bonds is 5. The lowest BCUT2D eigenvalue weighted by atomic mass is 9.35. The number of hydrogen-bond acceptors (Lipinski definition) is 3. The quantitative estimate of drug-likeness (QED) is 0.610. The summed E-state index contributed by atoms with van der Waals surface area (Å²) in [5, 5.41) is 6.32. The lowest BCUT2D eigenvalue weighted by Crippen LogP contribution is -2.68. The Morgan fingerprint density at radius 1 is 0.969 bits per heavy atom. The first-order valence-corrected chi connectivity index (χ1v) is 10.7. The third-order valence-electron chi connectivity index (χ3n) is 7.48. The summed E-state index contributed by atoms with van der Waals surface area (Å²) >= 11 is 0. The standard InChI is InChI=1S/C24H21F4N3O/c25-16-7-15(8-17(26)9-16)19-5-6-29-31(19)14-23-10-22(11-23,12-23)13-30-20-4-2-1-3-18(20)24(27,28)21(30)32/h1-4,6-9,19H,5,10-14H2. The predicted octanol–water partition coefficient (Wildman–Crippen LogP) is 5.01. The van der Waals surface area contributed by atoms with Gasteiger partial charge in [-0.3, -0.25) is 9.80 Å². The largest absolute Gasteiger partial charge is 0.352 e. The lowest BCUT2D eigenvalue weighted by Gasteiger charge is -2.72. The van der Waals surface area contributed by atoms with Gasteiger partial charge in [-0.15, -0.1) is 0 Å². The molecule has 2 aromatic rings. The van der Waals surface area contributed by atoms with E-state index in [1.165, 1.54) is 29.2 Å². The van der Waals surface area contributed by atoms with Crippen molar-refractivity contribution in [2.45, 2.75) is 37.6 Å². The number of fused-ring (bicyclic) bond motifs is 1. The fourth-order valence-corrected chi connectivity index (χ4v) is 6.45. The molecule has 0 spiro atoms. The summed E-state index contributed by atoms with van der Waals surface area (Å²) in [6, 6.07) is 9.42. The Bertz CT molecular complexity index is 1120. The number of halogens is 4. The first-order chi connectivity index (χ1) is 15.2. The number of amides is 1. The third-order valence-corrected chi connectivity index (χ3v) is 7.48. The monoisotopic (exact) mass is 443 g/mol. The Labute approximate surface area is 182 Å². The number of para-hydroxylation sites is 1. The number of carbonyl (C=O) groups excluding carboxylic acids is 1. The van der Waals surface area contributed by atoms with E-state index >= 15 is 0 Å². The van der Waals surface area contributed by atoms with Gasteiger partial charge in [-0.2, -0.15) is 13.9 Å². The zero-order valence-corrected chi connectivity index (χ0v) is 17.2. The molecule has 32 heavy (non-hydrogen) atoms. The highest BCUT2D eigenvalue weighted by atomic mass is 19.3. The van der Waals surface area contributed by atoms with Crippen LogP contribution in [-0.2, 0) is 10.7 Å². The van der Waals surface area contributed by atoms with Gasteiger partial charge in [0.15, 0.2) is 0 Å². The fraction of sp³-hybridized carbons (Fsp3) is 0.417. The first kappa shape index (κ1) is 19.8. The summed E-state index contributed by atoms with van der Waals surface area (Å²) in [6.07, 6.45) is 4.82. The van der Waals surface area contributed by atoms with Gasteiger partial charge in [-0.25, -0.2) is 8.78 Å². The van der Waals surface area contributed by atoms with Crippen LogP contribution >= 0.6 is 0 Å². The van der Waals surface area contributed by atoms with Gasteiger partial charge < -0.3 is 4.90 Å². The van der Waals surface area contributed by atoms with Crippen molar-refractivity contribution < 1.29 is 22.4 Å². The molecule has 5 aliphatic rings. The van der Waals surface area contributed by atoms with Crippen LogP contribution in [0.1, 0.15) is 42.9 Å². The number of benzene rings is 2. The second-order valence-electron chi connectivity index (χ2n) is 9.86. The fourth-order valence-electron chi connectivity index (χ4n) is 6.45. The Kier molecular flexibility index (Phi) is 3.91. The molecule has 2 aliphatic heterocycles. The van der Waals surface area contributed by atoms with Crippen molar-refractivity contribution in [2.24, 2.45) is 15.9 Å². The van der Waals surface area contributed by atoms with Crippen LogP contribution < -0.4 is 4.90 Å². The van der Waals surface area contributed by atoms with E-state index in [0.29, 0.717) is 30.8 Å². The Morgan fingerprint density at radius 2 is 1.62 bits per heavy atom. The summed E-state index contributed by atoms with van der Waals surface area (Å²) < 4.78 is 56.2. The average Bonchev–Trinajstić information content (AvgIpc) is 3.22. The minimum atomic E-state index is -3.48. The van der Waals surface area contributed by atoms with Crippen LogP contribution in [0.5, 0.6) is 0 Å². The third kappa shape index (κ3) is 2.74. The van der Waals surface area contributed by atoms with E-state index in [9.17, 15) is 22.4 Å². The zero-order valence-electron chi connectivity index (χ0n) is 17.2. The van der Waals surface area contributed by atoms with Crippen molar-refractivity contribution in [1.82, 2.24) is 5.01 Å². The second kappa shape index (κ2) is 6.33. The van der Waals surface area contributed by atoms with Crippen molar-refractivity contribution in [1.29, 1.82) is 0 Å². The minimum Gasteiger partial charge on any atom is -0.306 e. The van der Waals surface area contributed by atoms with Crippen molar-refractivity contribution in [3.63, 3.8) is 0 Å². The van der Waals surface area contributed by atoms with Gasteiger partial charge in [0.2, 0.25) is 0 Å². The number of carbonyl (C=O) groups is 1. The van der Waals surface area contributed by atoms with Crippen LogP contribution in [0.2, 0.25) is 0 Å². The molecule has 0 N–H and O–H groups in total. The minimum absolute atomic E-state index is 0.0105. The highest BCUT2D eigenvalue weighted by Crippen LogP contribution is 2.74. The Morgan fingerprint density at radius 3 is 2.34 bits per heavy atom. The van der Waals surface area contributed by atoms with Crippen molar-refractivity contribution in [3.8, 4) is 0 Å². The van der Waals surface area contributed by atoms with Crippen LogP contribution in [0.25, 0.3) is 0 Å². The molecule has 2 heterocycles. The van der Waals surface area contributed by atoms with Gasteiger partial charge in [0.25, 0.3) is 0 Å². The van der Waals surface area contributed by atoms with Gasteiger partial charge in [0.1, 0.15) is 11.6 Å². The zero-order chi connectivity index (χ0) is 22.3. The summed E-state index contributed by atoms with van der Waals surface area (Å²) in [5.41, 5.74) is 0.508. The molecule has 0 radical (unpaired) electrons. The molecule has 3 fully saturated rings. The van der Waals surface area contributed by atoms with E-state index in [0.717, 1.165) is 25.3 Å². The SMILES string of the molecule is O=C1N(CC23CC(CN4N=CCC4c4cc(F)cc(F)c4)(C2)C3)c2ccccc2C1(F)F. The summed E-state index contributed by atoms with van der Waals surface area (Å²) in [5.74, 6) is -5.84. The summed E-state index contributed by atoms with van der Waals surface area (Å²) in [7, 11) is 0. The van der Waals surface area contributed by atoms with Gasteiger partial charge in [-0.1, -0.05) is 18.2 Å². The molecule has 7 rings (SSSR count). The number of nitrogens with zero attached hydrogens (tertiary/aromatic N) is 3. The van der Waals surface area contributed by atoms with Gasteiger partial charge >= 0.3 is 11.8 Å². The molecule has 0 aromatic heterocycles. The van der Waals surface area contributed by atoms with Gasteiger partial charge in [-0.05, 0) is 53.9 Å². The van der Waals surface area contributed by atoms with Crippen LogP contribution in [0, 0.1) is 22.5 Å².